The van der Waals surface area contributed by atoms with Crippen LogP contribution < -0.4 is 10.6 Å². The highest BCUT2D eigenvalue weighted by molar-refractivity contribution is 5.76. The summed E-state index contributed by atoms with van der Waals surface area (Å²) in [5.74, 6) is -2.81. The molecular formula is C28H38N4O8. The number of phenolic OH excluding ortho intramolecular Hbond substituents is 6. The van der Waals surface area contributed by atoms with Crippen molar-refractivity contribution in [3.05, 3.63) is 35.4 Å². The van der Waals surface area contributed by atoms with Crippen LogP contribution in [0.15, 0.2) is 24.3 Å². The number of nitrogens with one attached hydrogen (secondary N) is 2. The van der Waals surface area contributed by atoms with Gasteiger partial charge in [0.2, 0.25) is 11.5 Å². The van der Waals surface area contributed by atoms with Crippen LogP contribution in [0.5, 0.6) is 34.5 Å². The molecule has 4 amide bonds. The Balaban J connectivity index is 1.14. The lowest BCUT2D eigenvalue weighted by atomic mass is 10.0. The first-order valence-corrected chi connectivity index (χ1v) is 13.8. The molecule has 2 unspecified atom stereocenters. The molecular weight excluding hydrogens is 520 g/mol. The van der Waals surface area contributed by atoms with Gasteiger partial charge in [-0.3, -0.25) is 0 Å². The summed E-state index contributed by atoms with van der Waals surface area (Å²) in [7, 11) is 0. The Labute approximate surface area is 232 Å². The number of likely N-dealkylation sites (tertiary alicyclic amines) is 2. The van der Waals surface area contributed by atoms with E-state index in [0.717, 1.165) is 38.5 Å². The van der Waals surface area contributed by atoms with Gasteiger partial charge in [0.05, 0.1) is 12.1 Å². The van der Waals surface area contributed by atoms with Gasteiger partial charge in [0.25, 0.3) is 0 Å². The normalized spacial score (nSPS) is 18.7. The standard InChI is InChI=1S/C28H38N4O8/c33-21-11-9-17(23(35)25(21)37)19-7-5-15-31(19)27(39)29-13-3-1-2-4-14-30-28(40)32-16-6-8-20(32)18-10-12-22(34)26(38)24(18)36/h9-12,19-20,33-38H,1-8,13-16H2,(H,29,39)(H,30,40). The van der Waals surface area contributed by atoms with Crippen molar-refractivity contribution in [3.63, 3.8) is 0 Å². The summed E-state index contributed by atoms with van der Waals surface area (Å²) in [6.45, 7) is 2.03. The largest absolute Gasteiger partial charge is 0.504 e. The monoisotopic (exact) mass is 558 g/mol. The molecule has 4 rings (SSSR count). The van der Waals surface area contributed by atoms with Crippen LogP contribution in [-0.2, 0) is 0 Å². The van der Waals surface area contributed by atoms with Gasteiger partial charge in [-0.2, -0.15) is 0 Å². The Bertz CT molecular complexity index is 1130. The molecule has 0 saturated carbocycles. The molecule has 12 nitrogen and oxygen atoms in total. The molecule has 40 heavy (non-hydrogen) atoms. The number of benzene rings is 2. The van der Waals surface area contributed by atoms with Gasteiger partial charge in [-0.25, -0.2) is 9.59 Å². The number of aromatic hydroxyl groups is 6. The number of unbranched alkanes of at least 4 members (excludes halogenated alkanes) is 3. The third-order valence-electron chi connectivity index (χ3n) is 7.72. The van der Waals surface area contributed by atoms with Gasteiger partial charge >= 0.3 is 12.1 Å². The Morgan fingerprint density at radius 1 is 0.625 bits per heavy atom. The predicted octanol–water partition coefficient (Wildman–Crippen LogP) is 3.87. The van der Waals surface area contributed by atoms with Gasteiger partial charge in [-0.05, 0) is 62.8 Å². The Kier molecular flexibility index (Phi) is 9.18. The summed E-state index contributed by atoms with van der Waals surface area (Å²) in [6.07, 6.45) is 6.07. The van der Waals surface area contributed by atoms with Crippen molar-refractivity contribution in [2.24, 2.45) is 0 Å². The highest BCUT2D eigenvalue weighted by Crippen LogP contribution is 2.45. The second-order valence-electron chi connectivity index (χ2n) is 10.3. The van der Waals surface area contributed by atoms with E-state index in [4.69, 9.17) is 0 Å². The minimum Gasteiger partial charge on any atom is -0.504 e. The fraction of sp³-hybridized carbons (Fsp3) is 0.500. The average Bonchev–Trinajstić information content (AvgIpc) is 3.62. The summed E-state index contributed by atoms with van der Waals surface area (Å²) >= 11 is 0. The van der Waals surface area contributed by atoms with Crippen LogP contribution in [0.2, 0.25) is 0 Å². The zero-order valence-electron chi connectivity index (χ0n) is 22.3. The Morgan fingerprint density at radius 2 is 1.02 bits per heavy atom. The van der Waals surface area contributed by atoms with Crippen LogP contribution in [0.25, 0.3) is 0 Å². The molecule has 2 fully saturated rings. The number of hydrogen-bond donors (Lipinski definition) is 8. The molecule has 2 aromatic rings. The average molecular weight is 559 g/mol. The van der Waals surface area contributed by atoms with E-state index in [9.17, 15) is 40.2 Å². The van der Waals surface area contributed by atoms with Crippen LogP contribution in [0, 0.1) is 0 Å². The molecule has 2 aliphatic rings. The zero-order chi connectivity index (χ0) is 28.8. The molecule has 218 valence electrons. The molecule has 2 saturated heterocycles. The molecule has 2 atom stereocenters. The van der Waals surface area contributed by atoms with E-state index < -0.39 is 34.5 Å². The van der Waals surface area contributed by atoms with E-state index in [2.05, 4.69) is 10.6 Å². The van der Waals surface area contributed by atoms with Gasteiger partial charge in [0, 0.05) is 37.3 Å². The van der Waals surface area contributed by atoms with Crippen molar-refractivity contribution < 1.29 is 40.2 Å². The summed E-state index contributed by atoms with van der Waals surface area (Å²) in [6, 6.07) is 4.40. The number of carbonyl (C=O) groups excluding carboxylic acids is 2. The molecule has 2 aliphatic heterocycles. The first-order valence-electron chi connectivity index (χ1n) is 13.8. The smallest absolute Gasteiger partial charge is 0.317 e. The topological polar surface area (TPSA) is 186 Å². The van der Waals surface area contributed by atoms with Crippen molar-refractivity contribution in [2.45, 2.75) is 63.5 Å². The second kappa shape index (κ2) is 12.8. The first-order chi connectivity index (χ1) is 19.2. The van der Waals surface area contributed by atoms with E-state index in [1.54, 1.807) is 9.80 Å². The van der Waals surface area contributed by atoms with E-state index in [-0.39, 0.29) is 24.1 Å². The molecule has 2 heterocycles. The van der Waals surface area contributed by atoms with Crippen LogP contribution in [0.3, 0.4) is 0 Å². The van der Waals surface area contributed by atoms with Gasteiger partial charge in [-0.15, -0.1) is 0 Å². The number of phenols is 6. The van der Waals surface area contributed by atoms with Gasteiger partial charge in [0.15, 0.2) is 23.0 Å². The molecule has 8 N–H and O–H groups in total. The third-order valence-corrected chi connectivity index (χ3v) is 7.72. The van der Waals surface area contributed by atoms with Gasteiger partial charge < -0.3 is 51.1 Å². The van der Waals surface area contributed by atoms with E-state index in [0.29, 0.717) is 50.1 Å². The molecule has 0 radical (unpaired) electrons. The molecule has 0 spiro atoms. The molecule has 2 aromatic carbocycles. The molecule has 12 heteroatoms. The minimum atomic E-state index is -0.585. The van der Waals surface area contributed by atoms with Crippen molar-refractivity contribution in [1.82, 2.24) is 20.4 Å². The quantitative estimate of drug-likeness (QED) is 0.168. The number of hydrogen-bond acceptors (Lipinski definition) is 8. The summed E-state index contributed by atoms with van der Waals surface area (Å²) in [5, 5.41) is 65.1. The lowest BCUT2D eigenvalue weighted by Gasteiger charge is -2.26. The van der Waals surface area contributed by atoms with Crippen molar-refractivity contribution >= 4 is 12.1 Å². The maximum Gasteiger partial charge on any atom is 0.317 e. The number of carbonyl (C=O) groups is 2. The Morgan fingerprint density at radius 3 is 1.43 bits per heavy atom. The lowest BCUT2D eigenvalue weighted by Crippen LogP contribution is -2.40. The van der Waals surface area contributed by atoms with Gasteiger partial charge in [0.1, 0.15) is 0 Å². The second-order valence-corrected chi connectivity index (χ2v) is 10.3. The van der Waals surface area contributed by atoms with E-state index in [1.807, 2.05) is 0 Å². The number of amides is 4. The SMILES string of the molecule is O=C(NCCCCCCNC(=O)N1CCCC1c1ccc(O)c(O)c1O)N1CCCC1c1ccc(O)c(O)c1O. The predicted molar refractivity (Wildman–Crippen MR) is 146 cm³/mol. The van der Waals surface area contributed by atoms with E-state index >= 15 is 0 Å². The number of nitrogens with zero attached hydrogens (tertiary/aromatic N) is 2. The van der Waals surface area contributed by atoms with Crippen LogP contribution in [0.4, 0.5) is 9.59 Å². The molecule has 0 aromatic heterocycles. The molecule has 0 bridgehead atoms. The molecule has 0 aliphatic carbocycles. The summed E-state index contributed by atoms with van der Waals surface area (Å²) in [4.78, 5) is 28.7. The van der Waals surface area contributed by atoms with Crippen molar-refractivity contribution in [1.29, 1.82) is 0 Å². The number of urea groups is 2. The van der Waals surface area contributed by atoms with Gasteiger partial charge in [-0.1, -0.05) is 12.8 Å². The van der Waals surface area contributed by atoms with E-state index in [1.165, 1.54) is 24.3 Å². The van der Waals surface area contributed by atoms with Crippen LogP contribution in [0.1, 0.15) is 74.6 Å². The third kappa shape index (κ3) is 6.16. The van der Waals surface area contributed by atoms with Crippen LogP contribution >= 0.6 is 0 Å². The lowest BCUT2D eigenvalue weighted by molar-refractivity contribution is 0.190. The minimum absolute atomic E-state index is 0.241. The zero-order valence-corrected chi connectivity index (χ0v) is 22.3. The summed E-state index contributed by atoms with van der Waals surface area (Å²) in [5.41, 5.74) is 0.812. The highest BCUT2D eigenvalue weighted by Gasteiger charge is 2.34. The first kappa shape index (κ1) is 28.8. The maximum atomic E-state index is 12.7. The Hall–Kier alpha value is -4.22. The maximum absolute atomic E-state index is 12.7. The number of rotatable bonds is 9. The summed E-state index contributed by atoms with van der Waals surface area (Å²) < 4.78 is 0. The van der Waals surface area contributed by atoms with Crippen molar-refractivity contribution in [2.75, 3.05) is 26.2 Å². The van der Waals surface area contributed by atoms with Crippen LogP contribution in [-0.4, -0.2) is 78.7 Å². The fourth-order valence-corrected chi connectivity index (χ4v) is 5.57. The fourth-order valence-electron chi connectivity index (χ4n) is 5.57. The van der Waals surface area contributed by atoms with Crippen molar-refractivity contribution in [3.8, 4) is 34.5 Å². The highest BCUT2D eigenvalue weighted by atomic mass is 16.3.